The fraction of sp³-hybridized carbons (Fsp3) is 0.667. The Morgan fingerprint density at radius 2 is 2.11 bits per heavy atom. The van der Waals surface area contributed by atoms with Crippen LogP contribution in [0.2, 0.25) is 0 Å². The van der Waals surface area contributed by atoms with Crippen molar-refractivity contribution in [2.24, 2.45) is 0 Å². The highest BCUT2D eigenvalue weighted by molar-refractivity contribution is 6.13. The highest BCUT2D eigenvalue weighted by atomic mass is 16.2. The smallest absolute Gasteiger partial charge is 0.161 e. The molecule has 0 aromatic rings. The van der Waals surface area contributed by atoms with E-state index in [1.807, 2.05) is 0 Å². The molecule has 0 aromatic heterocycles. The number of hydrogen-bond acceptors (Lipinski definition) is 3. The van der Waals surface area contributed by atoms with Crippen LogP contribution in [0.5, 0.6) is 0 Å². The summed E-state index contributed by atoms with van der Waals surface area (Å²) in [5, 5.41) is 2.92. The summed E-state index contributed by atoms with van der Waals surface area (Å²) in [7, 11) is 0. The van der Waals surface area contributed by atoms with Gasteiger partial charge >= 0.3 is 0 Å². The lowest BCUT2D eigenvalue weighted by molar-refractivity contribution is -0.122. The minimum Gasteiger partial charge on any atom is -0.301 e. The molecule has 1 saturated carbocycles. The van der Waals surface area contributed by atoms with Gasteiger partial charge in [-0.2, -0.15) is 0 Å². The fourth-order valence-electron chi connectivity index (χ4n) is 1.27. The number of carbonyl (C=O) groups is 2. The van der Waals surface area contributed by atoms with Crippen LogP contribution in [0.25, 0.3) is 0 Å². The first-order valence-electron chi connectivity index (χ1n) is 3.03. The SMILES string of the molecule is O=C1CC(=O)C2(CN2)C1. The van der Waals surface area contributed by atoms with E-state index in [4.69, 9.17) is 0 Å². The summed E-state index contributed by atoms with van der Waals surface area (Å²) in [5.41, 5.74) is -0.364. The average Bonchev–Trinajstić information content (AvgIpc) is 2.42. The molecule has 3 heteroatoms. The van der Waals surface area contributed by atoms with Crippen LogP contribution in [-0.2, 0) is 9.59 Å². The number of rotatable bonds is 0. The number of carbonyl (C=O) groups excluding carboxylic acids is 2. The normalized spacial score (nSPS) is 40.4. The predicted molar refractivity (Wildman–Crippen MR) is 30.0 cm³/mol. The molecule has 1 atom stereocenters. The van der Waals surface area contributed by atoms with Crippen molar-refractivity contribution in [1.82, 2.24) is 5.32 Å². The molecular formula is C6H7NO2. The van der Waals surface area contributed by atoms with E-state index >= 15 is 0 Å². The van der Waals surface area contributed by atoms with Crippen LogP contribution >= 0.6 is 0 Å². The minimum atomic E-state index is -0.364. The van der Waals surface area contributed by atoms with E-state index in [0.29, 0.717) is 6.42 Å². The average molecular weight is 125 g/mol. The van der Waals surface area contributed by atoms with Crippen LogP contribution in [0.3, 0.4) is 0 Å². The number of ketones is 2. The van der Waals surface area contributed by atoms with Crippen molar-refractivity contribution in [3.05, 3.63) is 0 Å². The van der Waals surface area contributed by atoms with E-state index in [2.05, 4.69) is 5.32 Å². The second-order valence-corrected chi connectivity index (χ2v) is 2.75. The molecule has 0 amide bonds. The van der Waals surface area contributed by atoms with Crippen LogP contribution < -0.4 is 5.32 Å². The number of hydrogen-bond donors (Lipinski definition) is 1. The van der Waals surface area contributed by atoms with Gasteiger partial charge in [-0.05, 0) is 0 Å². The molecule has 1 unspecified atom stereocenters. The molecular weight excluding hydrogens is 118 g/mol. The first-order valence-corrected chi connectivity index (χ1v) is 3.03. The maximum atomic E-state index is 10.9. The summed E-state index contributed by atoms with van der Waals surface area (Å²) >= 11 is 0. The molecule has 1 aliphatic carbocycles. The highest BCUT2D eigenvalue weighted by Crippen LogP contribution is 2.31. The molecule has 2 aliphatic rings. The lowest BCUT2D eigenvalue weighted by atomic mass is 10.1. The fourth-order valence-corrected chi connectivity index (χ4v) is 1.27. The van der Waals surface area contributed by atoms with Gasteiger partial charge in [0.1, 0.15) is 5.78 Å². The lowest BCUT2D eigenvalue weighted by Crippen LogP contribution is -2.20. The van der Waals surface area contributed by atoms with Gasteiger partial charge in [0.05, 0.1) is 12.0 Å². The summed E-state index contributed by atoms with van der Waals surface area (Å²) in [4.78, 5) is 21.5. The van der Waals surface area contributed by atoms with Gasteiger partial charge in [0, 0.05) is 13.0 Å². The molecule has 1 heterocycles. The molecule has 2 rings (SSSR count). The number of Topliss-reactive ketones (excluding diaryl/α,β-unsaturated/α-hetero) is 2. The van der Waals surface area contributed by atoms with E-state index in [1.165, 1.54) is 0 Å². The molecule has 9 heavy (non-hydrogen) atoms. The first kappa shape index (κ1) is 5.11. The molecule has 0 aromatic carbocycles. The van der Waals surface area contributed by atoms with Gasteiger partial charge in [0.2, 0.25) is 0 Å². The zero-order valence-electron chi connectivity index (χ0n) is 4.94. The third kappa shape index (κ3) is 0.551. The van der Waals surface area contributed by atoms with E-state index < -0.39 is 0 Å². The van der Waals surface area contributed by atoms with E-state index in [1.54, 1.807) is 0 Å². The van der Waals surface area contributed by atoms with Crippen molar-refractivity contribution in [3.8, 4) is 0 Å². The Hall–Kier alpha value is -0.700. The third-order valence-corrected chi connectivity index (χ3v) is 1.99. The summed E-state index contributed by atoms with van der Waals surface area (Å²) in [6.07, 6.45) is 0.596. The second kappa shape index (κ2) is 1.24. The van der Waals surface area contributed by atoms with E-state index in [9.17, 15) is 9.59 Å². The number of nitrogens with one attached hydrogen (secondary N) is 1. The monoisotopic (exact) mass is 125 g/mol. The van der Waals surface area contributed by atoms with Gasteiger partial charge in [0.15, 0.2) is 5.78 Å². The Morgan fingerprint density at radius 1 is 1.44 bits per heavy atom. The molecule has 0 bridgehead atoms. The molecule has 2 fully saturated rings. The third-order valence-electron chi connectivity index (χ3n) is 1.99. The van der Waals surface area contributed by atoms with Crippen LogP contribution in [0, 0.1) is 0 Å². The van der Waals surface area contributed by atoms with Crippen LogP contribution in [0.1, 0.15) is 12.8 Å². The van der Waals surface area contributed by atoms with Crippen molar-refractivity contribution in [1.29, 1.82) is 0 Å². The molecule has 1 spiro atoms. The Bertz CT molecular complexity index is 193. The Kier molecular flexibility index (Phi) is 0.703. The van der Waals surface area contributed by atoms with Crippen molar-refractivity contribution in [2.45, 2.75) is 18.4 Å². The molecule has 3 nitrogen and oxygen atoms in total. The van der Waals surface area contributed by atoms with Crippen molar-refractivity contribution >= 4 is 11.6 Å². The maximum absolute atomic E-state index is 10.9. The van der Waals surface area contributed by atoms with Crippen molar-refractivity contribution in [2.75, 3.05) is 6.54 Å². The zero-order valence-corrected chi connectivity index (χ0v) is 4.94. The highest BCUT2D eigenvalue weighted by Gasteiger charge is 2.54. The quantitative estimate of drug-likeness (QED) is 0.342. The van der Waals surface area contributed by atoms with Crippen LogP contribution in [0.15, 0.2) is 0 Å². The topological polar surface area (TPSA) is 56.1 Å². The summed E-state index contributed by atoms with van der Waals surface area (Å²) in [5.74, 6) is 0.178. The van der Waals surface area contributed by atoms with Crippen LogP contribution in [-0.4, -0.2) is 23.7 Å². The second-order valence-electron chi connectivity index (χ2n) is 2.75. The predicted octanol–water partition coefficient (Wildman–Crippen LogP) is -0.740. The Balaban J connectivity index is 2.28. The molecule has 1 N–H and O–H groups in total. The van der Waals surface area contributed by atoms with Gasteiger partial charge in [-0.15, -0.1) is 0 Å². The van der Waals surface area contributed by atoms with Gasteiger partial charge in [0.25, 0.3) is 0 Å². The zero-order chi connectivity index (χ0) is 6.48. The van der Waals surface area contributed by atoms with E-state index in [0.717, 1.165) is 6.54 Å². The maximum Gasteiger partial charge on any atom is 0.161 e. The van der Waals surface area contributed by atoms with Crippen molar-refractivity contribution < 1.29 is 9.59 Å². The molecule has 0 radical (unpaired) electrons. The lowest BCUT2D eigenvalue weighted by Gasteiger charge is -1.93. The van der Waals surface area contributed by atoms with Gasteiger partial charge in [-0.1, -0.05) is 0 Å². The minimum absolute atomic E-state index is 0.0880. The molecule has 48 valence electrons. The van der Waals surface area contributed by atoms with Crippen LogP contribution in [0.4, 0.5) is 0 Å². The first-order chi connectivity index (χ1) is 4.23. The van der Waals surface area contributed by atoms with E-state index in [-0.39, 0.29) is 23.5 Å². The summed E-state index contributed by atoms with van der Waals surface area (Å²) < 4.78 is 0. The Morgan fingerprint density at radius 3 is 2.33 bits per heavy atom. The van der Waals surface area contributed by atoms with Gasteiger partial charge in [-0.25, -0.2) is 0 Å². The Labute approximate surface area is 52.4 Å². The standard InChI is InChI=1S/C6H7NO2/c8-4-1-5(9)6(2-4)3-7-6/h7H,1-3H2. The largest absolute Gasteiger partial charge is 0.301 e. The summed E-state index contributed by atoms with van der Waals surface area (Å²) in [6.45, 7) is 0.720. The van der Waals surface area contributed by atoms with Gasteiger partial charge < -0.3 is 5.32 Å². The van der Waals surface area contributed by atoms with Gasteiger partial charge in [-0.3, -0.25) is 9.59 Å². The summed E-state index contributed by atoms with van der Waals surface area (Å²) in [6, 6.07) is 0. The van der Waals surface area contributed by atoms with Crippen molar-refractivity contribution in [3.63, 3.8) is 0 Å². The molecule has 1 aliphatic heterocycles. The molecule has 1 saturated heterocycles.